The number of rotatable bonds is 23. The predicted molar refractivity (Wildman–Crippen MR) is 348 cm³/mol. The Kier molecular flexibility index (Phi) is 33.6. The third-order valence-corrected chi connectivity index (χ3v) is 18.3. The molecule has 0 amide bonds. The van der Waals surface area contributed by atoms with Gasteiger partial charge >= 0.3 is 7.82 Å². The first-order chi connectivity index (χ1) is 35.5. The highest BCUT2D eigenvalue weighted by molar-refractivity contribution is 8.76. The van der Waals surface area contributed by atoms with Crippen molar-refractivity contribution in [3.05, 3.63) is 83.6 Å². The minimum Gasteiger partial charge on any atom is -0.496 e. The van der Waals surface area contributed by atoms with Crippen molar-refractivity contribution < 1.29 is 32.7 Å². The third kappa shape index (κ3) is 21.6. The van der Waals surface area contributed by atoms with Crippen LogP contribution in [0.25, 0.3) is 10.9 Å². The number of benzene rings is 3. The Labute approximate surface area is 488 Å². The van der Waals surface area contributed by atoms with E-state index in [9.17, 15) is 4.57 Å². The number of fused-ring (bicyclic) bond motifs is 1. The first-order valence-electron chi connectivity index (χ1n) is 28.9. The molecule has 0 aliphatic rings. The maximum atomic E-state index is 11.1. The average Bonchev–Trinajstić information content (AvgIpc) is 3.58. The molecule has 3 aromatic carbocycles. The van der Waals surface area contributed by atoms with E-state index in [1.54, 1.807) is 19.8 Å². The SMILES string of the molecule is C.CC(C)CCSSCC(C)C.CC(C)COP(=O)(O)OCC(C)C.COc1c(C)c(C)c(C(c2c(C)c(C)c(OC(C)C)c(C)c2C)C(C)C)c(OC)c1C.Cc1c(C)c(C)c2c(c1C)c(CC(C)C)c(C)n2CC(C)C. The van der Waals surface area contributed by atoms with Gasteiger partial charge in [-0.2, -0.15) is 0 Å². The molecule has 4 rings (SSSR count). The smallest absolute Gasteiger partial charge is 0.472 e. The van der Waals surface area contributed by atoms with Crippen LogP contribution in [0, 0.1) is 125 Å². The lowest BCUT2D eigenvalue weighted by Gasteiger charge is -2.33. The van der Waals surface area contributed by atoms with E-state index in [1.807, 2.05) is 49.3 Å². The number of phosphoric ester groups is 1. The normalized spacial score (nSPS) is 12.1. The van der Waals surface area contributed by atoms with Gasteiger partial charge in [-0.15, -0.1) is 0 Å². The minimum atomic E-state index is -3.80. The number of hydrogen-bond donors (Lipinski definition) is 1. The summed E-state index contributed by atoms with van der Waals surface area (Å²) in [6, 6.07) is 0. The van der Waals surface area contributed by atoms with E-state index in [-0.39, 0.29) is 44.5 Å². The second kappa shape index (κ2) is 34.8. The van der Waals surface area contributed by atoms with E-state index >= 15 is 0 Å². The molecule has 450 valence electrons. The molecule has 0 radical (unpaired) electrons. The molecule has 11 heteroatoms. The molecule has 1 atom stereocenters. The molecule has 1 heterocycles. The molecular formula is C67H118NO7PS2. The van der Waals surface area contributed by atoms with Crippen LogP contribution in [0.5, 0.6) is 17.2 Å². The van der Waals surface area contributed by atoms with Crippen LogP contribution in [-0.2, 0) is 26.6 Å². The van der Waals surface area contributed by atoms with Crippen LogP contribution in [0.2, 0.25) is 0 Å². The number of hydrogen-bond acceptors (Lipinski definition) is 8. The van der Waals surface area contributed by atoms with Crippen LogP contribution in [0.4, 0.5) is 0 Å². The number of nitrogens with zero attached hydrogens (tertiary/aromatic N) is 1. The van der Waals surface area contributed by atoms with E-state index in [0.717, 1.165) is 41.2 Å². The maximum Gasteiger partial charge on any atom is 0.472 e. The van der Waals surface area contributed by atoms with Gasteiger partial charge in [0.2, 0.25) is 0 Å². The minimum absolute atomic E-state index is 0. The highest BCUT2D eigenvalue weighted by Gasteiger charge is 2.32. The molecule has 1 unspecified atom stereocenters. The summed E-state index contributed by atoms with van der Waals surface area (Å²) in [4.78, 5) is 9.12. The van der Waals surface area contributed by atoms with Gasteiger partial charge in [0.1, 0.15) is 17.2 Å². The van der Waals surface area contributed by atoms with E-state index < -0.39 is 7.82 Å². The standard InChI is InChI=1S/C28H42O3.C21H33N.C9H20S2.C8H19O4P.CH4/c1-14(2)23(25-18(7)19(8)26(29-12)22(11)28(25)30-13)24-16(5)20(9)27(31-15(3)4)21(10)17(24)6;1-12(2)10-19-18(9)22(11-13(3)4)21-17(8)15(6)14(5)16(7)20(19)21;1-8(2)5-6-10-11-7-9(3)4;1-7(2)5-11-13(9,10)12-6-8(3)4;/h14-15,23H,1-13H3;12-13H,10-11H2,1-9H3;8-9H,5-7H2,1-4H3;7-8H,5-6H2,1-4H3,(H,9,10);1H4. The molecule has 1 aromatic heterocycles. The summed E-state index contributed by atoms with van der Waals surface area (Å²) in [6.07, 6.45) is 2.68. The van der Waals surface area contributed by atoms with Gasteiger partial charge in [0, 0.05) is 46.2 Å². The average molecular weight is 1140 g/mol. The van der Waals surface area contributed by atoms with Crippen molar-refractivity contribution in [1.82, 2.24) is 4.57 Å². The van der Waals surface area contributed by atoms with Crippen LogP contribution in [-0.4, -0.2) is 54.5 Å². The molecule has 0 aliphatic carbocycles. The quantitative estimate of drug-likeness (QED) is 0.0443. The van der Waals surface area contributed by atoms with Crippen molar-refractivity contribution in [2.24, 2.45) is 41.4 Å². The lowest BCUT2D eigenvalue weighted by atomic mass is 9.74. The van der Waals surface area contributed by atoms with E-state index in [2.05, 4.69) is 171 Å². The number of aryl methyl sites for hydroxylation is 2. The van der Waals surface area contributed by atoms with E-state index in [4.69, 9.17) is 28.2 Å². The van der Waals surface area contributed by atoms with Gasteiger partial charge in [-0.25, -0.2) is 4.57 Å². The van der Waals surface area contributed by atoms with Crippen LogP contribution < -0.4 is 14.2 Å². The highest BCUT2D eigenvalue weighted by Crippen LogP contribution is 2.49. The largest absolute Gasteiger partial charge is 0.496 e. The lowest BCUT2D eigenvalue weighted by Crippen LogP contribution is -2.18. The van der Waals surface area contributed by atoms with Gasteiger partial charge < -0.3 is 23.7 Å². The molecule has 78 heavy (non-hydrogen) atoms. The topological polar surface area (TPSA) is 88.4 Å². The van der Waals surface area contributed by atoms with Crippen molar-refractivity contribution in [2.45, 2.75) is 233 Å². The number of methoxy groups -OCH3 is 2. The van der Waals surface area contributed by atoms with Crippen molar-refractivity contribution in [1.29, 1.82) is 0 Å². The molecule has 0 fully saturated rings. The van der Waals surface area contributed by atoms with Gasteiger partial charge in [-0.05, 0) is 218 Å². The molecule has 1 N–H and O–H groups in total. The Morgan fingerprint density at radius 3 is 1.36 bits per heavy atom. The summed E-state index contributed by atoms with van der Waals surface area (Å²) in [7, 11) is 3.76. The zero-order chi connectivity index (χ0) is 59.7. The van der Waals surface area contributed by atoms with Crippen molar-refractivity contribution in [2.75, 3.05) is 38.9 Å². The molecule has 0 saturated heterocycles. The molecular weight excluding hydrogens is 1030 g/mol. The fourth-order valence-corrected chi connectivity index (χ4v) is 13.7. The summed E-state index contributed by atoms with van der Waals surface area (Å²) >= 11 is 0. The Bertz CT molecular complexity index is 2400. The van der Waals surface area contributed by atoms with Crippen molar-refractivity contribution in [3.8, 4) is 17.2 Å². The van der Waals surface area contributed by atoms with Crippen LogP contribution in [0.1, 0.15) is 214 Å². The molecule has 4 aromatic rings. The Morgan fingerprint density at radius 2 is 0.962 bits per heavy atom. The molecule has 0 spiro atoms. The summed E-state index contributed by atoms with van der Waals surface area (Å²) in [6.45, 7) is 63.2. The summed E-state index contributed by atoms with van der Waals surface area (Å²) in [5, 5.41) is 1.53. The summed E-state index contributed by atoms with van der Waals surface area (Å²) < 4.78 is 41.2. The lowest BCUT2D eigenvalue weighted by molar-refractivity contribution is 0.126. The number of ether oxygens (including phenoxy) is 3. The monoisotopic (exact) mass is 1140 g/mol. The first-order valence-corrected chi connectivity index (χ1v) is 32.9. The van der Waals surface area contributed by atoms with Crippen LogP contribution in [0.3, 0.4) is 0 Å². The van der Waals surface area contributed by atoms with Gasteiger partial charge in [-0.3, -0.25) is 9.05 Å². The fourth-order valence-electron chi connectivity index (χ4n) is 9.88. The zero-order valence-electron chi connectivity index (χ0n) is 54.8. The van der Waals surface area contributed by atoms with Crippen LogP contribution >= 0.6 is 29.4 Å². The Hall–Kier alpha value is -2.59. The van der Waals surface area contributed by atoms with Gasteiger partial charge in [0.25, 0.3) is 0 Å². The number of phosphoric acid groups is 1. The van der Waals surface area contributed by atoms with E-state index in [0.29, 0.717) is 17.8 Å². The van der Waals surface area contributed by atoms with Crippen LogP contribution in [0.15, 0.2) is 0 Å². The predicted octanol–water partition coefficient (Wildman–Crippen LogP) is 20.6. The fraction of sp³-hybridized carbons (Fsp3) is 0.701. The Balaban J connectivity index is 0.00000110. The van der Waals surface area contributed by atoms with E-state index in [1.165, 1.54) is 108 Å². The number of aromatic nitrogens is 1. The van der Waals surface area contributed by atoms with Crippen molar-refractivity contribution in [3.63, 3.8) is 0 Å². The van der Waals surface area contributed by atoms with Crippen molar-refractivity contribution >= 4 is 40.3 Å². The summed E-state index contributed by atoms with van der Waals surface area (Å²) in [5.74, 6) is 9.62. The molecule has 8 nitrogen and oxygen atoms in total. The van der Waals surface area contributed by atoms with Gasteiger partial charge in [0.15, 0.2) is 0 Å². The zero-order valence-corrected chi connectivity index (χ0v) is 57.3. The highest BCUT2D eigenvalue weighted by atomic mass is 33.1. The first kappa shape index (κ1) is 75.4. The maximum absolute atomic E-state index is 11.1. The second-order valence-electron chi connectivity index (χ2n) is 24.9. The molecule has 0 saturated carbocycles. The van der Waals surface area contributed by atoms with Gasteiger partial charge in [-0.1, -0.05) is 126 Å². The van der Waals surface area contributed by atoms with Gasteiger partial charge in [0.05, 0.1) is 39.1 Å². The molecule has 0 aliphatic heterocycles. The Morgan fingerprint density at radius 1 is 0.500 bits per heavy atom. The second-order valence-corrected chi connectivity index (χ2v) is 29.0. The molecule has 0 bridgehead atoms. The summed E-state index contributed by atoms with van der Waals surface area (Å²) in [5.41, 5.74) is 21.7. The third-order valence-electron chi connectivity index (χ3n) is 14.5.